The zero-order valence-electron chi connectivity index (χ0n) is 44.8. The van der Waals surface area contributed by atoms with Gasteiger partial charge in [0, 0.05) is 75.3 Å². The van der Waals surface area contributed by atoms with Crippen molar-refractivity contribution in [2.75, 3.05) is 0 Å². The normalized spacial score (nSPS) is 11.7. The Hall–Kier alpha value is -8.07. The van der Waals surface area contributed by atoms with E-state index in [4.69, 9.17) is 11.6 Å². The van der Waals surface area contributed by atoms with E-state index in [0.29, 0.717) is 42.1 Å². The number of hydrogen-bond acceptors (Lipinski definition) is 2. The molecule has 0 unspecified atom stereocenters. The van der Waals surface area contributed by atoms with E-state index < -0.39 is 22.8 Å². The van der Waals surface area contributed by atoms with Crippen LogP contribution in [0.5, 0.6) is 0 Å². The first-order valence-corrected chi connectivity index (χ1v) is 26.3. The van der Waals surface area contributed by atoms with Crippen LogP contribution in [0.2, 0.25) is 5.02 Å². The van der Waals surface area contributed by atoms with Crippen LogP contribution in [0.15, 0.2) is 176 Å². The predicted octanol–water partition coefficient (Wildman–Crippen LogP) is 17.5. The summed E-state index contributed by atoms with van der Waals surface area (Å²) in [5, 5.41) is 22.5. The van der Waals surface area contributed by atoms with Crippen molar-refractivity contribution in [1.82, 2.24) is 9.13 Å². The summed E-state index contributed by atoms with van der Waals surface area (Å²) < 4.78 is 34.9. The first kappa shape index (κ1) is 53.7. The number of aryl methyl sites for hydroxylation is 4. The molecule has 0 amide bonds. The van der Waals surface area contributed by atoms with Crippen molar-refractivity contribution in [3.63, 3.8) is 0 Å². The van der Waals surface area contributed by atoms with E-state index in [-0.39, 0.29) is 11.6 Å². The van der Waals surface area contributed by atoms with Gasteiger partial charge in [-0.2, -0.15) is 0 Å². The maximum atomic E-state index is 15.3. The number of fused-ring (bicyclic) bond motifs is 2. The Morgan fingerprint density at radius 3 is 1.34 bits per heavy atom. The molecule has 0 radical (unpaired) electrons. The molecule has 10 rings (SSSR count). The number of benzene rings is 8. The fourth-order valence-corrected chi connectivity index (χ4v) is 10.4. The largest absolute Gasteiger partial charge is 0.481 e. The number of carboxylic acids is 2. The highest BCUT2D eigenvalue weighted by molar-refractivity contribution is 6.30. The highest BCUT2D eigenvalue weighted by Crippen LogP contribution is 2.38. The van der Waals surface area contributed by atoms with Gasteiger partial charge in [0.05, 0.1) is 10.8 Å². The van der Waals surface area contributed by atoms with Crippen LogP contribution in [0.3, 0.4) is 0 Å². The molecular formula is C68H63ClF2N2O4. The van der Waals surface area contributed by atoms with Crippen LogP contribution >= 0.6 is 11.6 Å². The number of aromatic nitrogens is 2. The standard InChI is InChI=1S/C35H34FNO2.C33H29ClFNO2/c1-22-10-12-25(13-11-22)21-37-32-17-15-26(18-30(32)24(3)33(37)20-35(4,5)34(38)39)27-14-16-29(31(36)19-27)28-9-7-6-8-23(28)2;1-21-28-17-24(25-11-15-27(29(35)18-25)23-7-5-4-6-8-23)12-16-30(28)36(20-22-9-13-26(34)14-10-22)31(21)19-33(2,3)32(37)38/h6-19H,20-21H2,1-5H3,(H,38,39);4-18H,19-20H2,1-3H3,(H,37,38). The smallest absolute Gasteiger partial charge is 0.309 e. The second kappa shape index (κ2) is 21.9. The minimum atomic E-state index is -0.934. The van der Waals surface area contributed by atoms with Crippen LogP contribution in [-0.4, -0.2) is 31.3 Å². The molecule has 0 saturated carbocycles. The molecule has 10 aromatic rings. The third kappa shape index (κ3) is 11.4. The molecule has 0 spiro atoms. The highest BCUT2D eigenvalue weighted by Gasteiger charge is 2.32. The van der Waals surface area contributed by atoms with Crippen molar-refractivity contribution < 1.29 is 28.6 Å². The lowest BCUT2D eigenvalue weighted by atomic mass is 9.86. The van der Waals surface area contributed by atoms with Crippen molar-refractivity contribution in [2.24, 2.45) is 10.8 Å². The molecule has 0 aliphatic carbocycles. The Balaban J connectivity index is 0.000000188. The van der Waals surface area contributed by atoms with Gasteiger partial charge < -0.3 is 19.3 Å². The van der Waals surface area contributed by atoms with Crippen molar-refractivity contribution in [2.45, 2.75) is 81.3 Å². The van der Waals surface area contributed by atoms with Gasteiger partial charge in [0.2, 0.25) is 0 Å². The van der Waals surface area contributed by atoms with Crippen LogP contribution in [-0.2, 0) is 35.5 Å². The van der Waals surface area contributed by atoms with E-state index in [0.717, 1.165) is 94.4 Å². The topological polar surface area (TPSA) is 84.5 Å². The summed E-state index contributed by atoms with van der Waals surface area (Å²) in [6, 6.07) is 56.6. The summed E-state index contributed by atoms with van der Waals surface area (Å²) >= 11 is 6.10. The first-order chi connectivity index (χ1) is 36.7. The second-order valence-electron chi connectivity index (χ2n) is 21.7. The first-order valence-electron chi connectivity index (χ1n) is 25.9. The average molecular weight is 1050 g/mol. The molecule has 0 aliphatic rings. The van der Waals surface area contributed by atoms with Crippen LogP contribution in [0, 0.1) is 50.2 Å². The SMILES string of the molecule is Cc1c(CC(C)(C)C(=O)O)n(Cc2ccc(Cl)cc2)c2ccc(-c3ccc(-c4ccccc4)c(F)c3)cc12.Cc1ccc(Cn2c(CC(C)(C)C(=O)O)c(C)c3cc(-c4ccc(-c5ccccc5C)c(F)c4)ccc32)cc1. The van der Waals surface area contributed by atoms with Gasteiger partial charge in [-0.15, -0.1) is 0 Å². The van der Waals surface area contributed by atoms with Crippen LogP contribution < -0.4 is 0 Å². The summed E-state index contributed by atoms with van der Waals surface area (Å²) in [6.45, 7) is 16.4. The lowest BCUT2D eigenvalue weighted by molar-refractivity contribution is -0.147. The zero-order valence-corrected chi connectivity index (χ0v) is 45.6. The van der Waals surface area contributed by atoms with E-state index in [1.54, 1.807) is 39.8 Å². The zero-order chi connectivity index (χ0) is 54.9. The molecule has 2 aromatic heterocycles. The van der Waals surface area contributed by atoms with E-state index in [1.807, 2.05) is 135 Å². The number of aliphatic carboxylic acids is 2. The second-order valence-corrected chi connectivity index (χ2v) is 22.1. The average Bonchev–Trinajstić information content (AvgIpc) is 3.85. The fraction of sp³-hybridized carbons (Fsp3) is 0.206. The summed E-state index contributed by atoms with van der Waals surface area (Å²) in [5.41, 5.74) is 15.1. The molecule has 0 atom stereocenters. The van der Waals surface area contributed by atoms with Crippen LogP contribution in [0.4, 0.5) is 8.78 Å². The maximum Gasteiger partial charge on any atom is 0.309 e. The molecule has 390 valence electrons. The molecule has 0 saturated heterocycles. The minimum absolute atomic E-state index is 0.251. The monoisotopic (exact) mass is 1040 g/mol. The minimum Gasteiger partial charge on any atom is -0.481 e. The Labute approximate surface area is 454 Å². The van der Waals surface area contributed by atoms with Crippen LogP contribution in [0.1, 0.15) is 72.5 Å². The molecule has 8 aromatic carbocycles. The van der Waals surface area contributed by atoms with Gasteiger partial charge in [-0.3, -0.25) is 9.59 Å². The lowest BCUT2D eigenvalue weighted by Gasteiger charge is -2.21. The number of hydrogen-bond donors (Lipinski definition) is 2. The Morgan fingerprint density at radius 2 is 0.883 bits per heavy atom. The van der Waals surface area contributed by atoms with Crippen LogP contribution in [0.25, 0.3) is 66.3 Å². The Bertz CT molecular complexity index is 3830. The van der Waals surface area contributed by atoms with Gasteiger partial charge in [-0.25, -0.2) is 8.78 Å². The molecule has 0 fully saturated rings. The fourth-order valence-electron chi connectivity index (χ4n) is 10.3. The number of rotatable bonds is 14. The third-order valence-electron chi connectivity index (χ3n) is 15.1. The van der Waals surface area contributed by atoms with E-state index in [9.17, 15) is 19.8 Å². The van der Waals surface area contributed by atoms with Gasteiger partial charge in [0.25, 0.3) is 0 Å². The van der Waals surface area contributed by atoms with Crippen molar-refractivity contribution in [3.8, 4) is 44.5 Å². The maximum absolute atomic E-state index is 15.3. The molecule has 0 aliphatic heterocycles. The summed E-state index contributed by atoms with van der Waals surface area (Å²) in [4.78, 5) is 24.0. The Kier molecular flexibility index (Phi) is 15.3. The van der Waals surface area contributed by atoms with Crippen molar-refractivity contribution in [3.05, 3.63) is 237 Å². The summed E-state index contributed by atoms with van der Waals surface area (Å²) in [6.07, 6.45) is 0.788. The molecule has 9 heteroatoms. The van der Waals surface area contributed by atoms with Gasteiger partial charge in [0.1, 0.15) is 11.6 Å². The summed E-state index contributed by atoms with van der Waals surface area (Å²) in [7, 11) is 0. The molecule has 2 heterocycles. The number of nitrogens with zero attached hydrogens (tertiary/aromatic N) is 2. The quantitative estimate of drug-likeness (QED) is 0.114. The highest BCUT2D eigenvalue weighted by atomic mass is 35.5. The molecule has 0 bridgehead atoms. The molecule has 2 N–H and O–H groups in total. The molecule has 77 heavy (non-hydrogen) atoms. The van der Waals surface area contributed by atoms with E-state index in [2.05, 4.69) is 65.4 Å². The predicted molar refractivity (Wildman–Crippen MR) is 311 cm³/mol. The molecule has 6 nitrogen and oxygen atoms in total. The van der Waals surface area contributed by atoms with Gasteiger partial charge in [-0.1, -0.05) is 145 Å². The lowest BCUT2D eigenvalue weighted by Crippen LogP contribution is -2.27. The van der Waals surface area contributed by atoms with E-state index >= 15 is 8.78 Å². The van der Waals surface area contributed by atoms with E-state index in [1.165, 1.54) is 5.56 Å². The van der Waals surface area contributed by atoms with Crippen molar-refractivity contribution >= 4 is 45.3 Å². The number of carboxylic acid groups (broad SMARTS) is 2. The Morgan fingerprint density at radius 1 is 0.468 bits per heavy atom. The number of halogens is 3. The number of carbonyl (C=O) groups is 2. The van der Waals surface area contributed by atoms with Gasteiger partial charge in [-0.05, 0) is 165 Å². The third-order valence-corrected chi connectivity index (χ3v) is 15.4. The van der Waals surface area contributed by atoms with Gasteiger partial charge in [0.15, 0.2) is 0 Å². The summed E-state index contributed by atoms with van der Waals surface area (Å²) in [5.74, 6) is -2.18. The molecular weight excluding hydrogens is 982 g/mol. The van der Waals surface area contributed by atoms with Crippen molar-refractivity contribution in [1.29, 1.82) is 0 Å². The van der Waals surface area contributed by atoms with Gasteiger partial charge >= 0.3 is 11.9 Å².